The first-order valence-corrected chi connectivity index (χ1v) is 7.15. The molecule has 0 aliphatic carbocycles. The number of pyridine rings is 1. The number of ether oxygens (including phenoxy) is 2. The van der Waals surface area contributed by atoms with Crippen LogP contribution in [0.15, 0.2) is 24.4 Å². The molecule has 1 heterocycles. The molecule has 102 valence electrons. The van der Waals surface area contributed by atoms with E-state index in [2.05, 4.69) is 9.71 Å². The molecule has 0 aromatic carbocycles. The molecule has 0 atom stereocenters. The molecule has 0 radical (unpaired) electrons. The molecule has 6 nitrogen and oxygen atoms in total. The summed E-state index contributed by atoms with van der Waals surface area (Å²) in [6, 6.07) is 5.41. The molecular formula is C11H18N2O4S. The summed E-state index contributed by atoms with van der Waals surface area (Å²) in [6.07, 6.45) is 1.44. The highest BCUT2D eigenvalue weighted by Crippen LogP contribution is 1.98. The van der Waals surface area contributed by atoms with E-state index in [0.29, 0.717) is 6.42 Å². The molecular weight excluding hydrogens is 256 g/mol. The van der Waals surface area contributed by atoms with Crippen molar-refractivity contribution in [3.8, 4) is 0 Å². The number of sulfonamides is 1. The topological polar surface area (TPSA) is 77.5 Å². The molecule has 0 bridgehead atoms. The maximum Gasteiger partial charge on any atom is 0.212 e. The highest BCUT2D eigenvalue weighted by Gasteiger charge is 2.14. The Kier molecular flexibility index (Phi) is 6.20. The Morgan fingerprint density at radius 1 is 1.33 bits per heavy atom. The van der Waals surface area contributed by atoms with Crippen LogP contribution in [-0.2, 0) is 25.9 Å². The first-order valence-electron chi connectivity index (χ1n) is 5.50. The molecule has 0 aliphatic rings. The lowest BCUT2D eigenvalue weighted by Gasteiger charge is -2.14. The normalized spacial score (nSPS) is 11.9. The van der Waals surface area contributed by atoms with Crippen LogP contribution >= 0.6 is 0 Å². The fourth-order valence-corrected chi connectivity index (χ4v) is 2.33. The van der Waals surface area contributed by atoms with Crippen molar-refractivity contribution in [2.75, 3.05) is 26.5 Å². The Morgan fingerprint density at radius 2 is 2.06 bits per heavy atom. The van der Waals surface area contributed by atoms with Gasteiger partial charge in [0, 0.05) is 32.5 Å². The van der Waals surface area contributed by atoms with Crippen LogP contribution < -0.4 is 4.72 Å². The Bertz CT molecular complexity index is 432. The zero-order valence-electron chi connectivity index (χ0n) is 10.5. The molecule has 1 N–H and O–H groups in total. The van der Waals surface area contributed by atoms with Crippen LogP contribution in [0.25, 0.3) is 0 Å². The highest BCUT2D eigenvalue weighted by molar-refractivity contribution is 7.89. The van der Waals surface area contributed by atoms with Crippen LogP contribution in [0, 0.1) is 0 Å². The van der Waals surface area contributed by atoms with E-state index in [1.165, 1.54) is 14.2 Å². The SMILES string of the molecule is COC(CNS(=O)(=O)CCc1ccccn1)OC. The number of hydrogen-bond donors (Lipinski definition) is 1. The average molecular weight is 274 g/mol. The second-order valence-electron chi connectivity index (χ2n) is 3.64. The van der Waals surface area contributed by atoms with Crippen molar-refractivity contribution in [2.45, 2.75) is 12.7 Å². The van der Waals surface area contributed by atoms with Crippen molar-refractivity contribution in [2.24, 2.45) is 0 Å². The lowest BCUT2D eigenvalue weighted by atomic mass is 10.3. The van der Waals surface area contributed by atoms with Crippen molar-refractivity contribution in [1.82, 2.24) is 9.71 Å². The smallest absolute Gasteiger partial charge is 0.212 e. The van der Waals surface area contributed by atoms with Crippen LogP contribution in [-0.4, -0.2) is 46.2 Å². The van der Waals surface area contributed by atoms with E-state index in [9.17, 15) is 8.42 Å². The molecule has 0 amide bonds. The molecule has 0 saturated carbocycles. The summed E-state index contributed by atoms with van der Waals surface area (Å²) in [5.74, 6) is -0.00976. The number of nitrogens with zero attached hydrogens (tertiary/aromatic N) is 1. The first kappa shape index (κ1) is 15.0. The summed E-state index contributed by atoms with van der Waals surface area (Å²) in [5.41, 5.74) is 0.748. The summed E-state index contributed by atoms with van der Waals surface area (Å²) in [7, 11) is -0.436. The van der Waals surface area contributed by atoms with Gasteiger partial charge in [-0.1, -0.05) is 6.07 Å². The second kappa shape index (κ2) is 7.42. The third kappa shape index (κ3) is 5.54. The Balaban J connectivity index is 2.40. The monoisotopic (exact) mass is 274 g/mol. The summed E-state index contributed by atoms with van der Waals surface area (Å²) in [4.78, 5) is 4.07. The molecule has 0 spiro atoms. The second-order valence-corrected chi connectivity index (χ2v) is 5.57. The van der Waals surface area contributed by atoms with Gasteiger partial charge in [-0.15, -0.1) is 0 Å². The van der Waals surface area contributed by atoms with Crippen molar-refractivity contribution in [3.05, 3.63) is 30.1 Å². The van der Waals surface area contributed by atoms with Crippen molar-refractivity contribution in [3.63, 3.8) is 0 Å². The van der Waals surface area contributed by atoms with Gasteiger partial charge in [0.25, 0.3) is 0 Å². The van der Waals surface area contributed by atoms with Gasteiger partial charge < -0.3 is 9.47 Å². The van der Waals surface area contributed by atoms with Gasteiger partial charge in [0.15, 0.2) is 6.29 Å². The molecule has 18 heavy (non-hydrogen) atoms. The fraction of sp³-hybridized carbons (Fsp3) is 0.545. The standard InChI is InChI=1S/C11H18N2O4S/c1-16-11(17-2)9-13-18(14,15)8-6-10-5-3-4-7-12-10/h3-5,7,11,13H,6,8-9H2,1-2H3. The molecule has 1 aromatic rings. The maximum absolute atomic E-state index is 11.7. The molecule has 0 aliphatic heterocycles. The minimum atomic E-state index is -3.35. The number of rotatable bonds is 8. The largest absolute Gasteiger partial charge is 0.355 e. The van der Waals surface area contributed by atoms with E-state index < -0.39 is 16.3 Å². The zero-order valence-corrected chi connectivity index (χ0v) is 11.3. The zero-order chi connectivity index (χ0) is 13.4. The van der Waals surface area contributed by atoms with Crippen molar-refractivity contribution in [1.29, 1.82) is 0 Å². The lowest BCUT2D eigenvalue weighted by Crippen LogP contribution is -2.35. The summed E-state index contributed by atoms with van der Waals surface area (Å²) in [5, 5.41) is 0. The van der Waals surface area contributed by atoms with Gasteiger partial charge in [-0.3, -0.25) is 4.98 Å². The summed E-state index contributed by atoms with van der Waals surface area (Å²) >= 11 is 0. The van der Waals surface area contributed by atoms with E-state index in [1.54, 1.807) is 18.3 Å². The lowest BCUT2D eigenvalue weighted by molar-refractivity contribution is -0.0960. The molecule has 7 heteroatoms. The highest BCUT2D eigenvalue weighted by atomic mass is 32.2. The quantitative estimate of drug-likeness (QED) is 0.683. The van der Waals surface area contributed by atoms with Gasteiger partial charge in [0.2, 0.25) is 10.0 Å². The summed E-state index contributed by atoms with van der Waals surface area (Å²) < 4.78 is 35.6. The average Bonchev–Trinajstić information content (AvgIpc) is 2.39. The van der Waals surface area contributed by atoms with Crippen LogP contribution in [0.5, 0.6) is 0 Å². The van der Waals surface area contributed by atoms with E-state index in [1.807, 2.05) is 6.07 Å². The Hall–Kier alpha value is -1.02. The predicted octanol–water partition coefficient (Wildman–Crippen LogP) is 0.162. The van der Waals surface area contributed by atoms with Crippen LogP contribution in [0.1, 0.15) is 5.69 Å². The van der Waals surface area contributed by atoms with Gasteiger partial charge in [-0.05, 0) is 12.1 Å². The van der Waals surface area contributed by atoms with Gasteiger partial charge >= 0.3 is 0 Å². The number of nitrogens with one attached hydrogen (secondary N) is 1. The molecule has 0 unspecified atom stereocenters. The van der Waals surface area contributed by atoms with Crippen LogP contribution in [0.2, 0.25) is 0 Å². The number of aromatic nitrogens is 1. The third-order valence-corrected chi connectivity index (χ3v) is 3.70. The van der Waals surface area contributed by atoms with Crippen LogP contribution in [0.3, 0.4) is 0 Å². The van der Waals surface area contributed by atoms with E-state index in [-0.39, 0.29) is 12.3 Å². The third-order valence-electron chi connectivity index (χ3n) is 2.35. The summed E-state index contributed by atoms with van der Waals surface area (Å²) in [6.45, 7) is 0.0948. The van der Waals surface area contributed by atoms with Gasteiger partial charge in [0.1, 0.15) is 0 Å². The Labute approximate surface area is 107 Å². The first-order chi connectivity index (χ1) is 8.57. The van der Waals surface area contributed by atoms with Crippen LogP contribution in [0.4, 0.5) is 0 Å². The number of aryl methyl sites for hydroxylation is 1. The minimum Gasteiger partial charge on any atom is -0.355 e. The predicted molar refractivity (Wildman–Crippen MR) is 67.5 cm³/mol. The van der Waals surface area contributed by atoms with Crippen molar-refractivity contribution >= 4 is 10.0 Å². The molecule has 1 rings (SSSR count). The number of hydrogen-bond acceptors (Lipinski definition) is 5. The van der Waals surface area contributed by atoms with Gasteiger partial charge in [-0.2, -0.15) is 0 Å². The molecule has 1 aromatic heterocycles. The van der Waals surface area contributed by atoms with Gasteiger partial charge in [-0.25, -0.2) is 13.1 Å². The fourth-order valence-electron chi connectivity index (χ4n) is 1.32. The van der Waals surface area contributed by atoms with Gasteiger partial charge in [0.05, 0.1) is 12.3 Å². The maximum atomic E-state index is 11.7. The molecule has 0 fully saturated rings. The number of methoxy groups -OCH3 is 2. The van der Waals surface area contributed by atoms with Crippen molar-refractivity contribution < 1.29 is 17.9 Å². The Morgan fingerprint density at radius 3 is 2.61 bits per heavy atom. The minimum absolute atomic E-state index is 0.00976. The molecule has 0 saturated heterocycles. The van der Waals surface area contributed by atoms with E-state index >= 15 is 0 Å². The van der Waals surface area contributed by atoms with E-state index in [0.717, 1.165) is 5.69 Å². The van der Waals surface area contributed by atoms with E-state index in [4.69, 9.17) is 9.47 Å².